The molecule has 4 heteroatoms. The van der Waals surface area contributed by atoms with Gasteiger partial charge in [0.1, 0.15) is 5.75 Å². The summed E-state index contributed by atoms with van der Waals surface area (Å²) in [5.41, 5.74) is 4.35. The molecule has 150 valence electrons. The molecule has 0 aliphatic carbocycles. The van der Waals surface area contributed by atoms with Crippen LogP contribution in [0.1, 0.15) is 33.5 Å². The minimum atomic E-state index is -0.0252. The minimum absolute atomic E-state index is 0.0252. The fraction of sp³-hybridized carbons (Fsp3) is 0.240. The first kappa shape index (κ1) is 21.0. The molecule has 0 spiro atoms. The topological polar surface area (TPSA) is 38.3 Å². The lowest BCUT2D eigenvalue weighted by Gasteiger charge is -2.09. The molecule has 0 saturated heterocycles. The van der Waals surface area contributed by atoms with Gasteiger partial charge >= 0.3 is 0 Å². The van der Waals surface area contributed by atoms with Gasteiger partial charge in [-0.15, -0.1) is 11.8 Å². The maximum atomic E-state index is 12.4. The van der Waals surface area contributed by atoms with E-state index in [0.717, 1.165) is 24.3 Å². The number of aryl methyl sites for hydroxylation is 2. The minimum Gasteiger partial charge on any atom is -0.496 e. The third-order valence-electron chi connectivity index (χ3n) is 4.74. The zero-order valence-corrected chi connectivity index (χ0v) is 17.8. The first-order valence-electron chi connectivity index (χ1n) is 9.84. The smallest absolute Gasteiger partial charge is 0.251 e. The second-order valence-corrected chi connectivity index (χ2v) is 8.02. The van der Waals surface area contributed by atoms with Crippen molar-refractivity contribution in [1.29, 1.82) is 0 Å². The Morgan fingerprint density at radius 2 is 1.69 bits per heavy atom. The maximum Gasteiger partial charge on any atom is 0.251 e. The SMILES string of the molecule is COc1ccccc1CCCNC(=O)c1ccc(CSc2ccc(C)cc2)cc1. The van der Waals surface area contributed by atoms with Gasteiger partial charge in [-0.2, -0.15) is 0 Å². The summed E-state index contributed by atoms with van der Waals surface area (Å²) in [4.78, 5) is 13.6. The highest BCUT2D eigenvalue weighted by Crippen LogP contribution is 2.23. The summed E-state index contributed by atoms with van der Waals surface area (Å²) in [6, 6.07) is 24.4. The molecule has 0 bridgehead atoms. The van der Waals surface area contributed by atoms with Gasteiger partial charge in [-0.3, -0.25) is 4.79 Å². The second kappa shape index (κ2) is 10.7. The predicted octanol–water partition coefficient (Wildman–Crippen LogP) is 5.66. The molecule has 0 aliphatic rings. The van der Waals surface area contributed by atoms with Crippen molar-refractivity contribution in [2.24, 2.45) is 0 Å². The van der Waals surface area contributed by atoms with Gasteiger partial charge in [-0.1, -0.05) is 48.0 Å². The quantitative estimate of drug-likeness (QED) is 0.369. The number of amides is 1. The van der Waals surface area contributed by atoms with Crippen LogP contribution in [0.15, 0.2) is 77.7 Å². The van der Waals surface area contributed by atoms with Gasteiger partial charge in [0.2, 0.25) is 0 Å². The number of hydrogen-bond acceptors (Lipinski definition) is 3. The van der Waals surface area contributed by atoms with E-state index in [1.54, 1.807) is 18.9 Å². The first-order valence-corrected chi connectivity index (χ1v) is 10.8. The van der Waals surface area contributed by atoms with E-state index >= 15 is 0 Å². The van der Waals surface area contributed by atoms with Crippen molar-refractivity contribution in [2.45, 2.75) is 30.4 Å². The van der Waals surface area contributed by atoms with Crippen LogP contribution in [0.2, 0.25) is 0 Å². The fourth-order valence-corrected chi connectivity index (χ4v) is 3.90. The van der Waals surface area contributed by atoms with E-state index in [1.165, 1.54) is 21.6 Å². The van der Waals surface area contributed by atoms with Gasteiger partial charge in [-0.05, 0) is 61.2 Å². The van der Waals surface area contributed by atoms with Gasteiger partial charge < -0.3 is 10.1 Å². The normalized spacial score (nSPS) is 10.6. The van der Waals surface area contributed by atoms with Crippen molar-refractivity contribution in [1.82, 2.24) is 5.32 Å². The van der Waals surface area contributed by atoms with Crippen LogP contribution in [0.5, 0.6) is 5.75 Å². The molecule has 1 amide bonds. The number of nitrogens with one attached hydrogen (secondary N) is 1. The lowest BCUT2D eigenvalue weighted by molar-refractivity contribution is 0.0953. The zero-order valence-electron chi connectivity index (χ0n) is 17.0. The molecule has 0 fully saturated rings. The first-order chi connectivity index (χ1) is 14.2. The van der Waals surface area contributed by atoms with Crippen molar-refractivity contribution in [2.75, 3.05) is 13.7 Å². The Morgan fingerprint density at radius 3 is 2.41 bits per heavy atom. The molecule has 0 unspecified atom stereocenters. The van der Waals surface area contributed by atoms with Crippen molar-refractivity contribution in [3.63, 3.8) is 0 Å². The summed E-state index contributed by atoms with van der Waals surface area (Å²) in [5.74, 6) is 1.77. The summed E-state index contributed by atoms with van der Waals surface area (Å²) in [7, 11) is 1.68. The Bertz CT molecular complexity index is 920. The molecule has 1 N–H and O–H groups in total. The number of ether oxygens (including phenoxy) is 1. The van der Waals surface area contributed by atoms with Gasteiger partial charge in [0.15, 0.2) is 0 Å². The fourth-order valence-electron chi connectivity index (χ4n) is 3.05. The Labute approximate surface area is 177 Å². The van der Waals surface area contributed by atoms with Crippen molar-refractivity contribution < 1.29 is 9.53 Å². The van der Waals surface area contributed by atoms with Gasteiger partial charge in [-0.25, -0.2) is 0 Å². The van der Waals surface area contributed by atoms with E-state index in [9.17, 15) is 4.79 Å². The number of hydrogen-bond donors (Lipinski definition) is 1. The molecular formula is C25H27NO2S. The highest BCUT2D eigenvalue weighted by atomic mass is 32.2. The van der Waals surface area contributed by atoms with Gasteiger partial charge in [0.25, 0.3) is 5.91 Å². The number of para-hydroxylation sites is 1. The lowest BCUT2D eigenvalue weighted by atomic mass is 10.1. The van der Waals surface area contributed by atoms with E-state index in [4.69, 9.17) is 4.74 Å². The Balaban J connectivity index is 1.43. The molecule has 0 aliphatic heterocycles. The highest BCUT2D eigenvalue weighted by Gasteiger charge is 2.06. The van der Waals surface area contributed by atoms with Crippen LogP contribution >= 0.6 is 11.8 Å². The van der Waals surface area contributed by atoms with Crippen LogP contribution < -0.4 is 10.1 Å². The van der Waals surface area contributed by atoms with Crippen LogP contribution in [-0.4, -0.2) is 19.6 Å². The third kappa shape index (κ3) is 6.40. The van der Waals surface area contributed by atoms with E-state index in [0.29, 0.717) is 12.1 Å². The number of carbonyl (C=O) groups is 1. The maximum absolute atomic E-state index is 12.4. The third-order valence-corrected chi connectivity index (χ3v) is 5.83. The Hall–Kier alpha value is -2.72. The van der Waals surface area contributed by atoms with E-state index in [1.807, 2.05) is 42.5 Å². The van der Waals surface area contributed by atoms with Crippen LogP contribution in [0.3, 0.4) is 0 Å². The van der Waals surface area contributed by atoms with Gasteiger partial charge in [0, 0.05) is 22.8 Å². The Morgan fingerprint density at radius 1 is 0.966 bits per heavy atom. The standard InChI is InChI=1S/C25H27NO2S/c1-19-9-15-23(16-10-19)29-18-20-11-13-22(14-12-20)25(27)26-17-5-7-21-6-3-4-8-24(21)28-2/h3-4,6,8-16H,5,7,17-18H2,1-2H3,(H,26,27). The van der Waals surface area contributed by atoms with E-state index in [2.05, 4.69) is 42.6 Å². The number of thioether (sulfide) groups is 1. The number of rotatable bonds is 9. The van der Waals surface area contributed by atoms with E-state index in [-0.39, 0.29) is 5.91 Å². The monoisotopic (exact) mass is 405 g/mol. The van der Waals surface area contributed by atoms with Crippen molar-refractivity contribution in [3.8, 4) is 5.75 Å². The Kier molecular flexibility index (Phi) is 7.77. The summed E-state index contributed by atoms with van der Waals surface area (Å²) < 4.78 is 5.37. The number of methoxy groups -OCH3 is 1. The van der Waals surface area contributed by atoms with Gasteiger partial charge in [0.05, 0.1) is 7.11 Å². The number of carbonyl (C=O) groups excluding carboxylic acids is 1. The summed E-state index contributed by atoms with van der Waals surface area (Å²) in [6.07, 6.45) is 1.75. The summed E-state index contributed by atoms with van der Waals surface area (Å²) in [5, 5.41) is 3.00. The largest absolute Gasteiger partial charge is 0.496 e. The molecule has 3 nitrogen and oxygen atoms in total. The average Bonchev–Trinajstić information content (AvgIpc) is 2.77. The molecule has 0 atom stereocenters. The van der Waals surface area contributed by atoms with Crippen LogP contribution in [0.25, 0.3) is 0 Å². The molecule has 3 aromatic rings. The summed E-state index contributed by atoms with van der Waals surface area (Å²) in [6.45, 7) is 2.73. The van der Waals surface area contributed by atoms with Crippen LogP contribution in [-0.2, 0) is 12.2 Å². The summed E-state index contributed by atoms with van der Waals surface area (Å²) >= 11 is 1.80. The van der Waals surface area contributed by atoms with Crippen molar-refractivity contribution >= 4 is 17.7 Å². The molecule has 3 aromatic carbocycles. The molecule has 0 radical (unpaired) electrons. The van der Waals surface area contributed by atoms with Crippen LogP contribution in [0, 0.1) is 6.92 Å². The zero-order chi connectivity index (χ0) is 20.5. The predicted molar refractivity (Wildman–Crippen MR) is 121 cm³/mol. The second-order valence-electron chi connectivity index (χ2n) is 6.97. The van der Waals surface area contributed by atoms with E-state index < -0.39 is 0 Å². The van der Waals surface area contributed by atoms with Crippen molar-refractivity contribution in [3.05, 3.63) is 95.1 Å². The molecular weight excluding hydrogens is 378 g/mol. The molecule has 3 rings (SSSR count). The highest BCUT2D eigenvalue weighted by molar-refractivity contribution is 7.98. The molecule has 0 heterocycles. The molecule has 29 heavy (non-hydrogen) atoms. The average molecular weight is 406 g/mol. The lowest BCUT2D eigenvalue weighted by Crippen LogP contribution is -2.24. The number of benzene rings is 3. The van der Waals surface area contributed by atoms with Crippen LogP contribution in [0.4, 0.5) is 0 Å². The molecule has 0 saturated carbocycles. The molecule has 0 aromatic heterocycles.